The van der Waals surface area contributed by atoms with Gasteiger partial charge < -0.3 is 5.32 Å². The molecule has 20 heavy (non-hydrogen) atoms. The van der Waals surface area contributed by atoms with E-state index in [1.807, 2.05) is 6.20 Å². The molecule has 0 aliphatic heterocycles. The highest BCUT2D eigenvalue weighted by molar-refractivity contribution is 7.17. The van der Waals surface area contributed by atoms with Crippen LogP contribution in [0.2, 0.25) is 0 Å². The fraction of sp³-hybridized carbons (Fsp3) is 0.312. The van der Waals surface area contributed by atoms with Crippen molar-refractivity contribution in [2.24, 2.45) is 0 Å². The molecule has 0 aliphatic carbocycles. The molecule has 0 saturated heterocycles. The predicted octanol–water partition coefficient (Wildman–Crippen LogP) is 5.27. The maximum Gasteiger partial charge on any atom is 0.0981 e. The number of benzene rings is 1. The molecule has 0 unspecified atom stereocenters. The Morgan fingerprint density at radius 1 is 1.20 bits per heavy atom. The lowest BCUT2D eigenvalue weighted by Crippen LogP contribution is -2.09. The van der Waals surface area contributed by atoms with E-state index in [4.69, 9.17) is 0 Å². The van der Waals surface area contributed by atoms with Crippen molar-refractivity contribution in [2.45, 2.75) is 32.7 Å². The van der Waals surface area contributed by atoms with Crippen LogP contribution < -0.4 is 5.32 Å². The number of nitrogens with zero attached hydrogens (tertiary/aromatic N) is 1. The van der Waals surface area contributed by atoms with Gasteiger partial charge in [0.2, 0.25) is 0 Å². The number of hydrogen-bond donors (Lipinski definition) is 1. The Kier molecular flexibility index (Phi) is 3.52. The van der Waals surface area contributed by atoms with E-state index >= 15 is 0 Å². The number of hydrogen-bond acceptors (Lipinski definition) is 4. The molecule has 3 rings (SSSR count). The number of thiazole rings is 1. The van der Waals surface area contributed by atoms with Gasteiger partial charge in [-0.2, -0.15) is 0 Å². The Morgan fingerprint density at radius 2 is 2.05 bits per heavy atom. The van der Waals surface area contributed by atoms with Gasteiger partial charge in [-0.3, -0.25) is 0 Å². The van der Waals surface area contributed by atoms with Crippen molar-refractivity contribution < 1.29 is 0 Å². The first-order chi connectivity index (χ1) is 9.52. The highest BCUT2D eigenvalue weighted by Crippen LogP contribution is 2.28. The molecule has 0 amide bonds. The van der Waals surface area contributed by atoms with Gasteiger partial charge in [0.05, 0.1) is 11.6 Å². The van der Waals surface area contributed by atoms with Crippen LogP contribution in [0, 0.1) is 0 Å². The fourth-order valence-corrected chi connectivity index (χ4v) is 3.68. The molecule has 4 heteroatoms. The first-order valence-electron chi connectivity index (χ1n) is 6.69. The van der Waals surface area contributed by atoms with Crippen molar-refractivity contribution >= 4 is 38.4 Å². The van der Waals surface area contributed by atoms with E-state index in [0.717, 1.165) is 6.54 Å². The van der Waals surface area contributed by atoms with Crippen LogP contribution in [-0.4, -0.2) is 4.98 Å². The van der Waals surface area contributed by atoms with Gasteiger partial charge in [0, 0.05) is 26.9 Å². The largest absolute Gasteiger partial charge is 0.380 e. The second kappa shape index (κ2) is 5.19. The van der Waals surface area contributed by atoms with Gasteiger partial charge in [-0.1, -0.05) is 20.8 Å². The molecule has 1 aromatic carbocycles. The average molecular weight is 302 g/mol. The van der Waals surface area contributed by atoms with Gasteiger partial charge in [-0.15, -0.1) is 22.7 Å². The standard InChI is InChI=1S/C16H18N2S2/c1-16(2,3)15-18-10-13(20-15)9-17-12-4-5-14-11(8-12)6-7-19-14/h4-8,10,17H,9H2,1-3H3. The number of anilines is 1. The first kappa shape index (κ1) is 13.6. The topological polar surface area (TPSA) is 24.9 Å². The molecule has 0 spiro atoms. The van der Waals surface area contributed by atoms with Crippen LogP contribution in [-0.2, 0) is 12.0 Å². The van der Waals surface area contributed by atoms with E-state index in [-0.39, 0.29) is 5.41 Å². The summed E-state index contributed by atoms with van der Waals surface area (Å²) >= 11 is 3.57. The summed E-state index contributed by atoms with van der Waals surface area (Å²) < 4.78 is 1.34. The summed E-state index contributed by atoms with van der Waals surface area (Å²) in [5.41, 5.74) is 1.31. The lowest BCUT2D eigenvalue weighted by Gasteiger charge is -2.13. The monoisotopic (exact) mass is 302 g/mol. The van der Waals surface area contributed by atoms with Crippen LogP contribution in [0.5, 0.6) is 0 Å². The molecule has 0 saturated carbocycles. The molecule has 0 bridgehead atoms. The summed E-state index contributed by atoms with van der Waals surface area (Å²) in [6.45, 7) is 7.44. The zero-order valence-corrected chi connectivity index (χ0v) is 13.6. The molecule has 2 heterocycles. The number of nitrogens with one attached hydrogen (secondary N) is 1. The van der Waals surface area contributed by atoms with E-state index in [9.17, 15) is 0 Å². The van der Waals surface area contributed by atoms with Gasteiger partial charge >= 0.3 is 0 Å². The molecular formula is C16H18N2S2. The lowest BCUT2D eigenvalue weighted by atomic mass is 9.98. The summed E-state index contributed by atoms with van der Waals surface area (Å²) in [5.74, 6) is 0. The van der Waals surface area contributed by atoms with Crippen LogP contribution in [0.15, 0.2) is 35.8 Å². The van der Waals surface area contributed by atoms with Crippen molar-refractivity contribution in [1.82, 2.24) is 4.98 Å². The van der Waals surface area contributed by atoms with Gasteiger partial charge in [0.1, 0.15) is 0 Å². The Labute approximate surface area is 127 Å². The molecule has 2 aromatic heterocycles. The van der Waals surface area contributed by atoms with Gasteiger partial charge in [0.15, 0.2) is 0 Å². The van der Waals surface area contributed by atoms with E-state index < -0.39 is 0 Å². The van der Waals surface area contributed by atoms with E-state index in [1.54, 1.807) is 22.7 Å². The van der Waals surface area contributed by atoms with Crippen molar-refractivity contribution in [3.05, 3.63) is 45.7 Å². The van der Waals surface area contributed by atoms with E-state index in [1.165, 1.54) is 25.7 Å². The highest BCUT2D eigenvalue weighted by Gasteiger charge is 2.17. The van der Waals surface area contributed by atoms with Crippen molar-refractivity contribution in [3.63, 3.8) is 0 Å². The summed E-state index contributed by atoms with van der Waals surface area (Å²) in [6, 6.07) is 8.69. The molecule has 0 atom stereocenters. The number of aromatic nitrogens is 1. The first-order valence-corrected chi connectivity index (χ1v) is 8.38. The third-order valence-corrected chi connectivity index (χ3v) is 5.44. The quantitative estimate of drug-likeness (QED) is 0.713. The van der Waals surface area contributed by atoms with Gasteiger partial charge in [-0.05, 0) is 35.0 Å². The minimum absolute atomic E-state index is 0.137. The van der Waals surface area contributed by atoms with Crippen LogP contribution in [0.4, 0.5) is 5.69 Å². The van der Waals surface area contributed by atoms with Crippen molar-refractivity contribution in [1.29, 1.82) is 0 Å². The zero-order valence-electron chi connectivity index (χ0n) is 11.9. The number of fused-ring (bicyclic) bond motifs is 1. The summed E-state index contributed by atoms with van der Waals surface area (Å²) in [7, 11) is 0. The molecular weight excluding hydrogens is 284 g/mol. The second-order valence-electron chi connectivity index (χ2n) is 5.91. The normalized spacial score (nSPS) is 11.9. The Balaban J connectivity index is 1.71. The summed E-state index contributed by atoms with van der Waals surface area (Å²) in [6.07, 6.45) is 1.99. The smallest absolute Gasteiger partial charge is 0.0981 e. The minimum Gasteiger partial charge on any atom is -0.380 e. The molecule has 1 N–H and O–H groups in total. The van der Waals surface area contributed by atoms with Crippen molar-refractivity contribution in [2.75, 3.05) is 5.32 Å². The predicted molar refractivity (Wildman–Crippen MR) is 90.0 cm³/mol. The molecule has 3 aromatic rings. The molecule has 104 valence electrons. The zero-order chi connectivity index (χ0) is 14.2. The lowest BCUT2D eigenvalue weighted by molar-refractivity contribution is 0.585. The molecule has 0 aliphatic rings. The third-order valence-electron chi connectivity index (χ3n) is 3.11. The molecule has 0 fully saturated rings. The molecule has 0 radical (unpaired) electrons. The maximum absolute atomic E-state index is 4.52. The summed E-state index contributed by atoms with van der Waals surface area (Å²) in [4.78, 5) is 5.80. The maximum atomic E-state index is 4.52. The van der Waals surface area contributed by atoms with Crippen LogP contribution >= 0.6 is 22.7 Å². The SMILES string of the molecule is CC(C)(C)c1ncc(CNc2ccc3sccc3c2)s1. The van der Waals surface area contributed by atoms with E-state index in [2.05, 4.69) is 60.7 Å². The third kappa shape index (κ3) is 2.86. The Morgan fingerprint density at radius 3 is 2.80 bits per heavy atom. The molecule has 2 nitrogen and oxygen atoms in total. The summed E-state index contributed by atoms with van der Waals surface area (Å²) in [5, 5.41) is 8.12. The van der Waals surface area contributed by atoms with E-state index in [0.29, 0.717) is 0 Å². The Bertz CT molecular complexity index is 719. The second-order valence-corrected chi connectivity index (χ2v) is 7.97. The highest BCUT2D eigenvalue weighted by atomic mass is 32.1. The van der Waals surface area contributed by atoms with Crippen molar-refractivity contribution in [3.8, 4) is 0 Å². The number of thiophene rings is 1. The van der Waals surface area contributed by atoms with Gasteiger partial charge in [-0.25, -0.2) is 4.98 Å². The minimum atomic E-state index is 0.137. The Hall–Kier alpha value is -1.39. The van der Waals surface area contributed by atoms with Crippen LogP contribution in [0.25, 0.3) is 10.1 Å². The number of rotatable bonds is 3. The fourth-order valence-electron chi connectivity index (χ4n) is 2.00. The van der Waals surface area contributed by atoms with Crippen LogP contribution in [0.3, 0.4) is 0 Å². The van der Waals surface area contributed by atoms with Gasteiger partial charge in [0.25, 0.3) is 0 Å². The average Bonchev–Trinajstić information content (AvgIpc) is 3.04. The van der Waals surface area contributed by atoms with Crippen LogP contribution in [0.1, 0.15) is 30.7 Å².